The van der Waals surface area contributed by atoms with E-state index in [0.717, 1.165) is 61.3 Å². The first-order valence-corrected chi connectivity index (χ1v) is 20.9. The fourth-order valence-electron chi connectivity index (χ4n) is 8.92. The topological polar surface area (TPSA) is 16.4 Å². The van der Waals surface area contributed by atoms with Gasteiger partial charge in [-0.25, -0.2) is 0 Å². The third kappa shape index (κ3) is 5.70. The van der Waals surface area contributed by atoms with Gasteiger partial charge in [0.15, 0.2) is 0 Å². The second kappa shape index (κ2) is 13.6. The number of rotatable bonds is 6. The van der Waals surface area contributed by atoms with E-state index in [0.29, 0.717) is 0 Å². The summed E-state index contributed by atoms with van der Waals surface area (Å²) in [5, 5.41) is 9.89. The Morgan fingerprint density at radius 1 is 0.322 bits per heavy atom. The fraction of sp³-hybridized carbons (Fsp3) is 0. The summed E-state index contributed by atoms with van der Waals surface area (Å²) in [6.45, 7) is 0. The monoisotopic (exact) mass is 769 g/mol. The van der Waals surface area contributed by atoms with Crippen molar-refractivity contribution in [3.05, 3.63) is 212 Å². The molecule has 12 aromatic rings. The molecule has 10 aromatic carbocycles. The first-order valence-electron chi connectivity index (χ1n) is 20.1. The van der Waals surface area contributed by atoms with Gasteiger partial charge in [0.25, 0.3) is 0 Å². The van der Waals surface area contributed by atoms with Gasteiger partial charge in [-0.05, 0) is 110 Å². The quantitative estimate of drug-likeness (QED) is 0.157. The Hall–Kier alpha value is -7.46. The molecule has 0 aliphatic carbocycles. The number of anilines is 3. The van der Waals surface area contributed by atoms with Gasteiger partial charge in [0.05, 0.1) is 0 Å². The minimum Gasteiger partial charge on any atom is -0.455 e. The lowest BCUT2D eigenvalue weighted by atomic mass is 9.99. The van der Waals surface area contributed by atoms with Crippen molar-refractivity contribution >= 4 is 92.1 Å². The van der Waals surface area contributed by atoms with Crippen LogP contribution in [-0.2, 0) is 0 Å². The van der Waals surface area contributed by atoms with Crippen LogP contribution in [0, 0.1) is 0 Å². The number of nitrogens with zero attached hydrogens (tertiary/aromatic N) is 1. The van der Waals surface area contributed by atoms with Gasteiger partial charge in [0.1, 0.15) is 11.2 Å². The Bertz CT molecular complexity index is 3540. The number of para-hydroxylation sites is 1. The van der Waals surface area contributed by atoms with E-state index in [4.69, 9.17) is 4.42 Å². The Labute approximate surface area is 345 Å². The summed E-state index contributed by atoms with van der Waals surface area (Å²) < 4.78 is 9.14. The molecule has 0 unspecified atom stereocenters. The molecular weight excluding hydrogens is 735 g/mol. The minimum absolute atomic E-state index is 0.895. The molecule has 0 bridgehead atoms. The number of fused-ring (bicyclic) bond motifs is 9. The molecule has 0 aliphatic heterocycles. The number of hydrogen-bond acceptors (Lipinski definition) is 3. The summed E-state index contributed by atoms with van der Waals surface area (Å²) in [5.74, 6) is 0. The highest BCUT2D eigenvalue weighted by Crippen LogP contribution is 2.42. The summed E-state index contributed by atoms with van der Waals surface area (Å²) in [6, 6.07) is 77.0. The van der Waals surface area contributed by atoms with Crippen molar-refractivity contribution < 1.29 is 4.42 Å². The van der Waals surface area contributed by atoms with E-state index in [1.54, 1.807) is 0 Å². The molecule has 12 rings (SSSR count). The lowest BCUT2D eigenvalue weighted by Crippen LogP contribution is -2.09. The van der Waals surface area contributed by atoms with Gasteiger partial charge in [-0.2, -0.15) is 0 Å². The van der Waals surface area contributed by atoms with E-state index in [1.807, 2.05) is 17.4 Å². The largest absolute Gasteiger partial charge is 0.455 e. The average Bonchev–Trinajstić information content (AvgIpc) is 3.87. The molecule has 0 aliphatic rings. The van der Waals surface area contributed by atoms with Gasteiger partial charge in [-0.15, -0.1) is 11.3 Å². The summed E-state index contributed by atoms with van der Waals surface area (Å²) in [7, 11) is 0. The van der Waals surface area contributed by atoms with Crippen LogP contribution in [-0.4, -0.2) is 0 Å². The van der Waals surface area contributed by atoms with Crippen LogP contribution in [0.2, 0.25) is 0 Å². The lowest BCUT2D eigenvalue weighted by Gasteiger charge is -2.26. The van der Waals surface area contributed by atoms with E-state index in [2.05, 4.69) is 211 Å². The molecule has 2 heterocycles. The minimum atomic E-state index is 0.895. The molecule has 0 radical (unpaired) electrons. The van der Waals surface area contributed by atoms with Gasteiger partial charge in [-0.1, -0.05) is 152 Å². The maximum atomic E-state index is 6.49. The van der Waals surface area contributed by atoms with Crippen LogP contribution < -0.4 is 4.90 Å². The highest BCUT2D eigenvalue weighted by atomic mass is 32.1. The van der Waals surface area contributed by atoms with E-state index in [-0.39, 0.29) is 0 Å². The predicted molar refractivity (Wildman–Crippen MR) is 253 cm³/mol. The Kier molecular flexibility index (Phi) is 7.75. The molecule has 59 heavy (non-hydrogen) atoms. The molecule has 0 saturated carbocycles. The molecule has 0 atom stereocenters. The van der Waals surface area contributed by atoms with E-state index < -0.39 is 0 Å². The van der Waals surface area contributed by atoms with Crippen molar-refractivity contribution in [2.75, 3.05) is 4.90 Å². The van der Waals surface area contributed by atoms with Crippen molar-refractivity contribution in [2.45, 2.75) is 0 Å². The first kappa shape index (κ1) is 33.7. The number of thiophene rings is 1. The van der Waals surface area contributed by atoms with Crippen LogP contribution in [0.15, 0.2) is 217 Å². The van der Waals surface area contributed by atoms with Gasteiger partial charge < -0.3 is 9.32 Å². The molecule has 0 spiro atoms. The number of hydrogen-bond donors (Lipinski definition) is 0. The van der Waals surface area contributed by atoms with E-state index in [9.17, 15) is 0 Å². The highest BCUT2D eigenvalue weighted by molar-refractivity contribution is 7.25. The molecule has 2 nitrogen and oxygen atoms in total. The maximum Gasteiger partial charge on any atom is 0.143 e. The molecule has 2 aromatic heterocycles. The van der Waals surface area contributed by atoms with Crippen molar-refractivity contribution in [1.29, 1.82) is 0 Å². The molecule has 0 fully saturated rings. The smallest absolute Gasteiger partial charge is 0.143 e. The van der Waals surface area contributed by atoms with Crippen molar-refractivity contribution in [3.63, 3.8) is 0 Å². The van der Waals surface area contributed by atoms with Gasteiger partial charge in [-0.3, -0.25) is 0 Å². The molecular formula is C56H35NOS. The van der Waals surface area contributed by atoms with Gasteiger partial charge in [0, 0.05) is 53.6 Å². The van der Waals surface area contributed by atoms with Crippen LogP contribution in [0.3, 0.4) is 0 Å². The Balaban J connectivity index is 0.934. The van der Waals surface area contributed by atoms with Crippen molar-refractivity contribution in [3.8, 4) is 33.4 Å². The third-order valence-electron chi connectivity index (χ3n) is 11.9. The fourth-order valence-corrected chi connectivity index (χ4v) is 10.1. The predicted octanol–water partition coefficient (Wildman–Crippen LogP) is 16.7. The Morgan fingerprint density at radius 3 is 1.73 bits per heavy atom. The summed E-state index contributed by atoms with van der Waals surface area (Å²) in [5.41, 5.74) is 12.1. The molecule has 276 valence electrons. The Morgan fingerprint density at radius 2 is 0.915 bits per heavy atom. The zero-order valence-electron chi connectivity index (χ0n) is 32.0. The summed E-state index contributed by atoms with van der Waals surface area (Å²) in [4.78, 5) is 2.37. The van der Waals surface area contributed by atoms with Crippen LogP contribution in [0.1, 0.15) is 0 Å². The normalized spacial score (nSPS) is 11.7. The maximum absolute atomic E-state index is 6.49. The van der Waals surface area contributed by atoms with Crippen LogP contribution in [0.25, 0.3) is 97.0 Å². The second-order valence-corrected chi connectivity index (χ2v) is 16.4. The summed E-state index contributed by atoms with van der Waals surface area (Å²) in [6.07, 6.45) is 0. The number of furan rings is 1. The SMILES string of the molecule is c1ccc(-c2cccc3c2oc2ccc(-c4ccc(N(c5ccc(-c6ccc7c(c6)sc6ccccc67)cc5)c5ccc6c(ccc7ccccc76)c5)cc4)cc23)cc1. The van der Waals surface area contributed by atoms with E-state index in [1.165, 1.54) is 52.8 Å². The third-order valence-corrected chi connectivity index (χ3v) is 13.0. The van der Waals surface area contributed by atoms with Gasteiger partial charge >= 0.3 is 0 Å². The van der Waals surface area contributed by atoms with Crippen LogP contribution in [0.5, 0.6) is 0 Å². The number of benzene rings is 10. The van der Waals surface area contributed by atoms with Crippen molar-refractivity contribution in [1.82, 2.24) is 0 Å². The molecule has 3 heteroatoms. The van der Waals surface area contributed by atoms with Crippen LogP contribution >= 0.6 is 11.3 Å². The zero-order chi connectivity index (χ0) is 38.9. The molecule has 0 amide bonds. The summed E-state index contributed by atoms with van der Waals surface area (Å²) >= 11 is 1.86. The standard InChI is InChI=1S/C56H35NOS/c1-2-9-38(10-3-1)48-14-8-15-51-52-34-40(24-32-53(52)58-56(48)51)36-19-25-43(26-20-36)57(45-29-31-47-42(33-45)18-17-39-11-4-5-12-46(39)47)44-27-21-37(22-28-44)41-23-30-50-49-13-6-7-16-54(49)59-55(50)35-41/h1-35H. The van der Waals surface area contributed by atoms with Crippen LogP contribution in [0.4, 0.5) is 17.1 Å². The molecule has 0 saturated heterocycles. The second-order valence-electron chi connectivity index (χ2n) is 15.3. The average molecular weight is 770 g/mol. The van der Waals surface area contributed by atoms with Gasteiger partial charge in [0.2, 0.25) is 0 Å². The van der Waals surface area contributed by atoms with E-state index >= 15 is 0 Å². The highest BCUT2D eigenvalue weighted by Gasteiger charge is 2.17. The molecule has 0 N–H and O–H groups in total. The lowest BCUT2D eigenvalue weighted by molar-refractivity contribution is 0.670. The zero-order valence-corrected chi connectivity index (χ0v) is 32.8. The van der Waals surface area contributed by atoms with Crippen molar-refractivity contribution in [2.24, 2.45) is 0 Å². The first-order chi connectivity index (χ1) is 29.2.